The van der Waals surface area contributed by atoms with Crippen molar-refractivity contribution in [3.05, 3.63) is 75.9 Å². The zero-order valence-electron chi connectivity index (χ0n) is 18.9. The van der Waals surface area contributed by atoms with Gasteiger partial charge >= 0.3 is 5.97 Å². The number of thiophene rings is 1. The van der Waals surface area contributed by atoms with E-state index in [1.165, 1.54) is 18.2 Å². The van der Waals surface area contributed by atoms with Crippen molar-refractivity contribution in [2.45, 2.75) is 31.8 Å². The van der Waals surface area contributed by atoms with Crippen molar-refractivity contribution in [3.63, 3.8) is 0 Å². The van der Waals surface area contributed by atoms with Crippen molar-refractivity contribution in [2.75, 3.05) is 19.0 Å². The third-order valence-electron chi connectivity index (χ3n) is 5.23. The number of nitrogens with one attached hydrogen (secondary N) is 2. The summed E-state index contributed by atoms with van der Waals surface area (Å²) in [4.78, 5) is 26.3. The van der Waals surface area contributed by atoms with Crippen LogP contribution in [0.15, 0.2) is 54.6 Å². The molecule has 2 atom stereocenters. The van der Waals surface area contributed by atoms with Gasteiger partial charge in [-0.1, -0.05) is 35.9 Å². The van der Waals surface area contributed by atoms with Crippen LogP contribution in [-0.2, 0) is 20.7 Å². The second-order valence-corrected chi connectivity index (χ2v) is 9.20. The van der Waals surface area contributed by atoms with Crippen LogP contribution in [0.4, 0.5) is 10.1 Å². The van der Waals surface area contributed by atoms with Crippen LogP contribution >= 0.6 is 22.9 Å². The molecule has 0 aliphatic carbocycles. The van der Waals surface area contributed by atoms with Crippen molar-refractivity contribution in [1.82, 2.24) is 5.32 Å². The fourth-order valence-electron chi connectivity index (χ4n) is 3.40. The Kier molecular flexibility index (Phi) is 9.18. The Morgan fingerprint density at radius 3 is 2.53 bits per heavy atom. The first kappa shape index (κ1) is 25.8. The topological polar surface area (TPSA) is 93.4 Å². The van der Waals surface area contributed by atoms with E-state index in [9.17, 15) is 14.0 Å². The normalized spacial score (nSPS) is 12.7. The molecule has 0 radical (unpaired) electrons. The Hall–Kier alpha value is -2.78. The molecule has 9 heteroatoms. The second kappa shape index (κ2) is 12.1. The molecule has 34 heavy (non-hydrogen) atoms. The average molecular weight is 504 g/mol. The molecule has 3 aromatic rings. The van der Waals surface area contributed by atoms with E-state index < -0.39 is 11.9 Å². The second-order valence-electron chi connectivity index (χ2n) is 7.68. The van der Waals surface area contributed by atoms with Gasteiger partial charge in [-0.2, -0.15) is 0 Å². The number of amides is 1. The first-order chi connectivity index (χ1) is 16.3. The van der Waals surface area contributed by atoms with E-state index >= 15 is 0 Å². The minimum absolute atomic E-state index is 0.0597. The molecule has 0 saturated carbocycles. The average Bonchev–Trinajstić information content (AvgIpc) is 3.31. The molecule has 2 aromatic carbocycles. The zero-order valence-corrected chi connectivity index (χ0v) is 20.5. The van der Waals surface area contributed by atoms with E-state index in [2.05, 4.69) is 10.6 Å². The summed E-state index contributed by atoms with van der Waals surface area (Å²) >= 11 is 7.35. The van der Waals surface area contributed by atoms with Crippen LogP contribution < -0.4 is 16.4 Å². The summed E-state index contributed by atoms with van der Waals surface area (Å²) in [6, 6.07) is 14.8. The smallest absolute Gasteiger partial charge is 0.310 e. The van der Waals surface area contributed by atoms with Crippen molar-refractivity contribution in [3.8, 4) is 10.4 Å². The Bertz CT molecular complexity index is 1140. The summed E-state index contributed by atoms with van der Waals surface area (Å²) in [6.07, 6.45) is 0.613. The maximum Gasteiger partial charge on any atom is 0.310 e. The van der Waals surface area contributed by atoms with Crippen LogP contribution in [0.3, 0.4) is 0 Å². The van der Waals surface area contributed by atoms with E-state index in [4.69, 9.17) is 22.1 Å². The van der Waals surface area contributed by atoms with Crippen LogP contribution in [0.2, 0.25) is 5.02 Å². The lowest BCUT2D eigenvalue weighted by molar-refractivity contribution is -0.142. The molecule has 0 fully saturated rings. The maximum absolute atomic E-state index is 13.4. The van der Waals surface area contributed by atoms with Gasteiger partial charge in [-0.05, 0) is 61.9 Å². The highest BCUT2D eigenvalue weighted by Crippen LogP contribution is 2.32. The molecule has 0 bridgehead atoms. The number of halogens is 2. The van der Waals surface area contributed by atoms with Crippen LogP contribution in [0.25, 0.3) is 10.4 Å². The van der Waals surface area contributed by atoms with Gasteiger partial charge in [-0.25, -0.2) is 4.39 Å². The standard InChI is InChI=1S/C25H27ClFN3O3S/c1-3-33-24(31)12-15-4-6-16(7-5-15)22-10-11-23(34-22)20(28)14-21(29-2)25(32)30-17-8-9-19(27)18(26)13-17/h4-11,13,20-21,29H,3,12,14,28H2,1-2H3,(H,30,32). The van der Waals surface area contributed by atoms with Gasteiger partial charge in [0.15, 0.2) is 0 Å². The molecule has 4 N–H and O–H groups in total. The largest absolute Gasteiger partial charge is 0.466 e. The first-order valence-electron chi connectivity index (χ1n) is 10.8. The van der Waals surface area contributed by atoms with Crippen molar-refractivity contribution < 1.29 is 18.7 Å². The third kappa shape index (κ3) is 6.87. The molecular weight excluding hydrogens is 477 g/mol. The summed E-state index contributed by atoms with van der Waals surface area (Å²) in [5.74, 6) is -1.08. The maximum atomic E-state index is 13.4. The SMILES string of the molecule is CCOC(=O)Cc1ccc(-c2ccc(C(N)CC(NC)C(=O)Nc3ccc(F)c(Cl)c3)s2)cc1. The van der Waals surface area contributed by atoms with Crippen molar-refractivity contribution in [1.29, 1.82) is 0 Å². The summed E-state index contributed by atoms with van der Waals surface area (Å²) in [5.41, 5.74) is 8.74. The highest BCUT2D eigenvalue weighted by atomic mass is 35.5. The number of benzene rings is 2. The van der Waals surface area contributed by atoms with E-state index in [1.54, 1.807) is 25.3 Å². The lowest BCUT2D eigenvalue weighted by Crippen LogP contribution is -2.40. The summed E-state index contributed by atoms with van der Waals surface area (Å²) in [7, 11) is 1.69. The first-order valence-corrected chi connectivity index (χ1v) is 12.0. The molecule has 0 aliphatic rings. The van der Waals surface area contributed by atoms with Gasteiger partial charge in [0.05, 0.1) is 24.1 Å². The lowest BCUT2D eigenvalue weighted by Gasteiger charge is -2.19. The fraction of sp³-hybridized carbons (Fsp3) is 0.280. The summed E-state index contributed by atoms with van der Waals surface area (Å²) in [6.45, 7) is 2.15. The van der Waals surface area contributed by atoms with Gasteiger partial charge in [0.2, 0.25) is 5.91 Å². The number of ether oxygens (including phenoxy) is 1. The van der Waals surface area contributed by atoms with E-state index in [1.807, 2.05) is 36.4 Å². The number of esters is 1. The van der Waals surface area contributed by atoms with Gasteiger partial charge in [0.1, 0.15) is 5.82 Å². The predicted octanol–water partition coefficient (Wildman–Crippen LogP) is 4.93. The van der Waals surface area contributed by atoms with Crippen LogP contribution in [-0.4, -0.2) is 31.6 Å². The summed E-state index contributed by atoms with van der Waals surface area (Å²) < 4.78 is 18.3. The number of nitrogens with two attached hydrogens (primary N) is 1. The van der Waals surface area contributed by atoms with Gasteiger partial charge in [0.25, 0.3) is 0 Å². The third-order valence-corrected chi connectivity index (χ3v) is 6.78. The number of hydrogen-bond acceptors (Lipinski definition) is 6. The number of likely N-dealkylation sites (N-methyl/N-ethyl adjacent to an activating group) is 1. The monoisotopic (exact) mass is 503 g/mol. The van der Waals surface area contributed by atoms with E-state index in [0.29, 0.717) is 18.7 Å². The van der Waals surface area contributed by atoms with E-state index in [-0.39, 0.29) is 29.4 Å². The molecule has 2 unspecified atom stereocenters. The molecule has 0 aliphatic heterocycles. The molecule has 6 nitrogen and oxygen atoms in total. The van der Waals surface area contributed by atoms with Crippen LogP contribution in [0.5, 0.6) is 0 Å². The fourth-order valence-corrected chi connectivity index (χ4v) is 4.61. The zero-order chi connectivity index (χ0) is 24.7. The Morgan fingerprint density at radius 1 is 1.15 bits per heavy atom. The van der Waals surface area contributed by atoms with Crippen molar-refractivity contribution >= 4 is 40.5 Å². The number of hydrogen-bond donors (Lipinski definition) is 3. The highest BCUT2D eigenvalue weighted by Gasteiger charge is 2.22. The lowest BCUT2D eigenvalue weighted by atomic mass is 10.1. The quantitative estimate of drug-likeness (QED) is 0.341. The Morgan fingerprint density at radius 2 is 1.88 bits per heavy atom. The van der Waals surface area contributed by atoms with Gasteiger partial charge in [-0.15, -0.1) is 11.3 Å². The molecule has 0 saturated heterocycles. The highest BCUT2D eigenvalue weighted by molar-refractivity contribution is 7.15. The van der Waals surface area contributed by atoms with Gasteiger partial charge in [-0.3, -0.25) is 9.59 Å². The number of carbonyl (C=O) groups excluding carboxylic acids is 2. The molecule has 180 valence electrons. The molecule has 1 amide bonds. The minimum atomic E-state index is -0.550. The molecular formula is C25H27ClFN3O3S. The van der Waals surface area contributed by atoms with Gasteiger partial charge in [0, 0.05) is 21.5 Å². The molecule has 1 heterocycles. The molecule has 1 aromatic heterocycles. The number of carbonyl (C=O) groups is 2. The van der Waals surface area contributed by atoms with Crippen LogP contribution in [0.1, 0.15) is 29.8 Å². The van der Waals surface area contributed by atoms with Crippen LogP contribution in [0, 0.1) is 5.82 Å². The minimum Gasteiger partial charge on any atom is -0.466 e. The molecule has 3 rings (SSSR count). The Labute approximate surface area is 207 Å². The molecule has 0 spiro atoms. The van der Waals surface area contributed by atoms with E-state index in [0.717, 1.165) is 20.9 Å². The number of rotatable bonds is 10. The van der Waals surface area contributed by atoms with Gasteiger partial charge < -0.3 is 21.1 Å². The predicted molar refractivity (Wildman–Crippen MR) is 135 cm³/mol. The number of anilines is 1. The Balaban J connectivity index is 1.62. The van der Waals surface area contributed by atoms with Crippen molar-refractivity contribution in [2.24, 2.45) is 5.73 Å². The summed E-state index contributed by atoms with van der Waals surface area (Å²) in [5, 5.41) is 5.66.